The fourth-order valence-corrected chi connectivity index (χ4v) is 5.03. The third kappa shape index (κ3) is 3.82. The van der Waals surface area contributed by atoms with Crippen LogP contribution in [0.1, 0.15) is 47.7 Å². The first-order valence-corrected chi connectivity index (χ1v) is 11.2. The molecule has 11 heteroatoms. The number of fused-ring (bicyclic) bond motifs is 1. The van der Waals surface area contributed by atoms with Gasteiger partial charge in [-0.2, -0.15) is 0 Å². The zero-order valence-electron chi connectivity index (χ0n) is 18.4. The van der Waals surface area contributed by atoms with Crippen molar-refractivity contribution in [2.45, 2.75) is 63.2 Å². The van der Waals surface area contributed by atoms with Gasteiger partial charge in [0.1, 0.15) is 35.7 Å². The summed E-state index contributed by atoms with van der Waals surface area (Å²) >= 11 is 0. The van der Waals surface area contributed by atoms with Crippen molar-refractivity contribution in [2.24, 2.45) is 4.99 Å². The van der Waals surface area contributed by atoms with Crippen LogP contribution in [-0.2, 0) is 11.3 Å². The highest BCUT2D eigenvalue weighted by molar-refractivity contribution is 6.47. The molecule has 5 rings (SSSR count). The molecule has 2 aromatic rings. The van der Waals surface area contributed by atoms with Gasteiger partial charge in [-0.05, 0) is 37.5 Å². The predicted octanol–water partition coefficient (Wildman–Crippen LogP) is 1.97. The van der Waals surface area contributed by atoms with Crippen molar-refractivity contribution in [3.63, 3.8) is 0 Å². The fourth-order valence-electron chi connectivity index (χ4n) is 5.03. The molecule has 1 aromatic carbocycles. The zero-order chi connectivity index (χ0) is 24.1. The number of aliphatic imine (C=N–C) groups is 1. The normalized spacial score (nSPS) is 28.2. The van der Waals surface area contributed by atoms with Crippen LogP contribution in [0.4, 0.5) is 19.0 Å². The molecular formula is C23H24F3N5O3. The highest BCUT2D eigenvalue weighted by Crippen LogP contribution is 2.38. The second-order valence-electron chi connectivity index (χ2n) is 9.03. The second kappa shape index (κ2) is 8.62. The van der Waals surface area contributed by atoms with Crippen LogP contribution in [0.3, 0.4) is 0 Å². The molecule has 3 heterocycles. The molecule has 0 unspecified atom stereocenters. The molecule has 1 aromatic heterocycles. The number of aliphatic hydroxyl groups is 2. The van der Waals surface area contributed by atoms with Crippen LogP contribution in [0, 0.1) is 18.6 Å². The van der Waals surface area contributed by atoms with Gasteiger partial charge in [-0.3, -0.25) is 9.79 Å². The Morgan fingerprint density at radius 3 is 2.74 bits per heavy atom. The zero-order valence-corrected chi connectivity index (χ0v) is 18.4. The molecule has 5 atom stereocenters. The number of hydrogen-bond acceptors (Lipinski definition) is 7. The molecule has 0 radical (unpaired) electrons. The van der Waals surface area contributed by atoms with E-state index in [4.69, 9.17) is 0 Å². The number of carbonyl (C=O) groups is 1. The number of anilines is 1. The molecule has 8 nitrogen and oxygen atoms in total. The van der Waals surface area contributed by atoms with E-state index in [1.54, 1.807) is 0 Å². The number of nitrogens with one attached hydrogen (secondary N) is 1. The molecule has 1 saturated heterocycles. The van der Waals surface area contributed by atoms with Crippen molar-refractivity contribution in [3.05, 3.63) is 52.5 Å². The van der Waals surface area contributed by atoms with E-state index in [9.17, 15) is 28.2 Å². The van der Waals surface area contributed by atoms with Gasteiger partial charge in [-0.15, -0.1) is 0 Å². The summed E-state index contributed by atoms with van der Waals surface area (Å²) in [5.41, 5.74) is 0.812. The lowest BCUT2D eigenvalue weighted by Gasteiger charge is -2.26. The number of carbonyl (C=O) groups excluding carboxylic acids is 1. The predicted molar refractivity (Wildman–Crippen MR) is 116 cm³/mol. The lowest BCUT2D eigenvalue weighted by atomic mass is 10.00. The van der Waals surface area contributed by atoms with E-state index in [1.807, 2.05) is 0 Å². The number of aliphatic hydroxyl groups excluding tert-OH is 2. The van der Waals surface area contributed by atoms with Gasteiger partial charge < -0.3 is 20.4 Å². The first-order valence-electron chi connectivity index (χ1n) is 11.2. The minimum Gasteiger partial charge on any atom is -0.390 e. The SMILES string of the molecule is Cc1cc(F)cc([C@H]2C[C@H](F)CN2C(=O)C2=NCc3ncnc(N[C@@H]4CC[C@@H](O)[C@H]4O)c32)c1F. The Bertz CT molecular complexity index is 1180. The van der Waals surface area contributed by atoms with Crippen LogP contribution >= 0.6 is 0 Å². The lowest BCUT2D eigenvalue weighted by Crippen LogP contribution is -2.38. The molecule has 0 bridgehead atoms. The second-order valence-corrected chi connectivity index (χ2v) is 9.03. The number of alkyl halides is 1. The summed E-state index contributed by atoms with van der Waals surface area (Å²) in [4.78, 5) is 27.5. The number of nitrogens with zero attached hydrogens (tertiary/aromatic N) is 4. The number of aryl methyl sites for hydroxylation is 1. The maximum atomic E-state index is 14.8. The Morgan fingerprint density at radius 1 is 1.21 bits per heavy atom. The van der Waals surface area contributed by atoms with Gasteiger partial charge in [0.05, 0.1) is 48.6 Å². The smallest absolute Gasteiger partial charge is 0.273 e. The Kier molecular flexibility index (Phi) is 5.76. The Labute approximate surface area is 193 Å². The number of benzene rings is 1. The van der Waals surface area contributed by atoms with Gasteiger partial charge in [-0.1, -0.05) is 0 Å². The van der Waals surface area contributed by atoms with Crippen LogP contribution in [0.5, 0.6) is 0 Å². The number of rotatable bonds is 4. The summed E-state index contributed by atoms with van der Waals surface area (Å²) < 4.78 is 43.4. The van der Waals surface area contributed by atoms with E-state index in [0.717, 1.165) is 12.1 Å². The summed E-state index contributed by atoms with van der Waals surface area (Å²) in [6.07, 6.45) is -1.21. The molecule has 34 heavy (non-hydrogen) atoms. The number of amides is 1. The van der Waals surface area contributed by atoms with E-state index >= 15 is 0 Å². The van der Waals surface area contributed by atoms with E-state index in [2.05, 4.69) is 20.3 Å². The lowest BCUT2D eigenvalue weighted by molar-refractivity contribution is -0.125. The van der Waals surface area contributed by atoms with Crippen LogP contribution < -0.4 is 5.32 Å². The number of hydrogen-bond donors (Lipinski definition) is 3. The quantitative estimate of drug-likeness (QED) is 0.624. The average Bonchev–Trinajstić information content (AvgIpc) is 3.49. The van der Waals surface area contributed by atoms with Crippen LogP contribution in [0.25, 0.3) is 0 Å². The van der Waals surface area contributed by atoms with Crippen LogP contribution in [0.2, 0.25) is 0 Å². The molecule has 3 aliphatic rings. The molecule has 2 fully saturated rings. The minimum atomic E-state index is -1.40. The van der Waals surface area contributed by atoms with Crippen molar-refractivity contribution < 1.29 is 28.2 Å². The van der Waals surface area contributed by atoms with E-state index in [-0.39, 0.29) is 42.2 Å². The van der Waals surface area contributed by atoms with Crippen LogP contribution in [-0.4, -0.2) is 67.7 Å². The standard InChI is InChI=1S/C23H24F3N5O3/c1-10-4-11(24)5-13(19(10)26)16-6-12(25)8-31(16)23(34)20-18-15(7-27-20)28-9-29-22(18)30-14-2-3-17(32)21(14)33/h4-5,9,12,14,16-17,21,32-33H,2-3,6-8H2,1H3,(H,28,29,30)/t12-,14+,16+,17+,21-/m0/s1. The van der Waals surface area contributed by atoms with E-state index in [0.29, 0.717) is 24.1 Å². The highest BCUT2D eigenvalue weighted by Gasteiger charge is 2.42. The van der Waals surface area contributed by atoms with Gasteiger partial charge in [0.15, 0.2) is 0 Å². The number of halogens is 3. The maximum absolute atomic E-state index is 14.8. The molecule has 2 aliphatic heterocycles. The van der Waals surface area contributed by atoms with Gasteiger partial charge in [0.25, 0.3) is 5.91 Å². The van der Waals surface area contributed by atoms with Crippen molar-refractivity contribution >= 4 is 17.4 Å². The van der Waals surface area contributed by atoms with Crippen molar-refractivity contribution in [1.29, 1.82) is 0 Å². The third-order valence-electron chi connectivity index (χ3n) is 6.77. The maximum Gasteiger partial charge on any atom is 0.273 e. The summed E-state index contributed by atoms with van der Waals surface area (Å²) in [5, 5.41) is 23.1. The van der Waals surface area contributed by atoms with Crippen molar-refractivity contribution in [3.8, 4) is 0 Å². The summed E-state index contributed by atoms with van der Waals surface area (Å²) in [7, 11) is 0. The minimum absolute atomic E-state index is 0.00114. The first-order chi connectivity index (χ1) is 16.2. The molecule has 1 amide bonds. The van der Waals surface area contributed by atoms with Gasteiger partial charge >= 0.3 is 0 Å². The van der Waals surface area contributed by atoms with Gasteiger partial charge in [0.2, 0.25) is 0 Å². The topological polar surface area (TPSA) is 111 Å². The highest BCUT2D eigenvalue weighted by atomic mass is 19.1. The summed E-state index contributed by atoms with van der Waals surface area (Å²) in [6, 6.07) is 0.577. The van der Waals surface area contributed by atoms with Crippen molar-refractivity contribution in [1.82, 2.24) is 14.9 Å². The molecule has 1 aliphatic carbocycles. The third-order valence-corrected chi connectivity index (χ3v) is 6.77. The van der Waals surface area contributed by atoms with Crippen molar-refractivity contribution in [2.75, 3.05) is 11.9 Å². The summed E-state index contributed by atoms with van der Waals surface area (Å²) in [6.45, 7) is 1.24. The average molecular weight is 475 g/mol. The molecular weight excluding hydrogens is 451 g/mol. The Hall–Kier alpha value is -3.05. The number of aromatic nitrogens is 2. The fraction of sp³-hybridized carbons (Fsp3) is 0.478. The van der Waals surface area contributed by atoms with E-state index < -0.39 is 48.0 Å². The summed E-state index contributed by atoms with van der Waals surface area (Å²) in [5.74, 6) is -1.70. The molecule has 3 N–H and O–H groups in total. The largest absolute Gasteiger partial charge is 0.390 e. The van der Waals surface area contributed by atoms with Crippen LogP contribution in [0.15, 0.2) is 23.5 Å². The molecule has 1 saturated carbocycles. The monoisotopic (exact) mass is 475 g/mol. The Morgan fingerprint density at radius 2 is 2.00 bits per heavy atom. The van der Waals surface area contributed by atoms with Gasteiger partial charge in [-0.25, -0.2) is 23.1 Å². The molecule has 180 valence electrons. The van der Waals surface area contributed by atoms with E-state index in [1.165, 1.54) is 18.2 Å². The molecule has 0 spiro atoms. The van der Waals surface area contributed by atoms with Gasteiger partial charge in [0, 0.05) is 12.0 Å². The first kappa shape index (κ1) is 22.7. The number of likely N-dealkylation sites (tertiary alicyclic amines) is 1. The Balaban J connectivity index is 1.47.